The first-order valence-corrected chi connectivity index (χ1v) is 6.66. The number of pyridine rings is 1. The number of rotatable bonds is 3. The van der Waals surface area contributed by atoms with Gasteiger partial charge in [-0.05, 0) is 39.1 Å². The molecule has 0 bridgehead atoms. The van der Waals surface area contributed by atoms with Crippen LogP contribution in [0.3, 0.4) is 0 Å². The second-order valence-corrected chi connectivity index (χ2v) is 5.39. The highest BCUT2D eigenvalue weighted by Gasteiger charge is 2.20. The van der Waals surface area contributed by atoms with Crippen LogP contribution in [0.4, 0.5) is 5.69 Å². The summed E-state index contributed by atoms with van der Waals surface area (Å²) in [6.45, 7) is 2.15. The van der Waals surface area contributed by atoms with Crippen LogP contribution in [0.2, 0.25) is 0 Å². The van der Waals surface area contributed by atoms with Crippen molar-refractivity contribution in [1.29, 1.82) is 0 Å². The van der Waals surface area contributed by atoms with Crippen molar-refractivity contribution in [3.63, 3.8) is 0 Å². The van der Waals surface area contributed by atoms with E-state index in [2.05, 4.69) is 28.9 Å². The SMILES string of the molecule is CN(C)C1CCN(c2ccnc(C(N)=S)c2)CC1. The Morgan fingerprint density at radius 2 is 2.11 bits per heavy atom. The van der Waals surface area contributed by atoms with Crippen molar-refractivity contribution >= 4 is 22.9 Å². The Kier molecular flexibility index (Phi) is 4.14. The Morgan fingerprint density at radius 1 is 1.44 bits per heavy atom. The van der Waals surface area contributed by atoms with Crippen LogP contribution in [-0.4, -0.2) is 48.1 Å². The van der Waals surface area contributed by atoms with E-state index in [9.17, 15) is 0 Å². The molecule has 1 aliphatic rings. The molecular weight excluding hydrogens is 244 g/mol. The van der Waals surface area contributed by atoms with Crippen molar-refractivity contribution in [1.82, 2.24) is 9.88 Å². The third-order valence-corrected chi connectivity index (χ3v) is 3.77. The molecule has 1 aromatic rings. The number of anilines is 1. The fourth-order valence-electron chi connectivity index (χ4n) is 2.39. The molecule has 18 heavy (non-hydrogen) atoms. The van der Waals surface area contributed by atoms with Gasteiger partial charge in [0.05, 0.1) is 5.69 Å². The first kappa shape index (κ1) is 13.2. The van der Waals surface area contributed by atoms with E-state index >= 15 is 0 Å². The number of aromatic nitrogens is 1. The normalized spacial score (nSPS) is 17.2. The highest BCUT2D eigenvalue weighted by molar-refractivity contribution is 7.80. The van der Waals surface area contributed by atoms with E-state index in [4.69, 9.17) is 18.0 Å². The largest absolute Gasteiger partial charge is 0.388 e. The van der Waals surface area contributed by atoms with Crippen LogP contribution in [0.25, 0.3) is 0 Å². The smallest absolute Gasteiger partial charge is 0.122 e. The van der Waals surface area contributed by atoms with Gasteiger partial charge in [-0.15, -0.1) is 0 Å². The Morgan fingerprint density at radius 3 is 2.67 bits per heavy atom. The van der Waals surface area contributed by atoms with E-state index in [1.54, 1.807) is 6.20 Å². The summed E-state index contributed by atoms with van der Waals surface area (Å²) >= 11 is 4.97. The molecule has 0 saturated carbocycles. The maximum absolute atomic E-state index is 5.62. The summed E-state index contributed by atoms with van der Waals surface area (Å²) in [5.41, 5.74) is 7.49. The zero-order valence-corrected chi connectivity index (χ0v) is 11.8. The quantitative estimate of drug-likeness (QED) is 0.832. The van der Waals surface area contributed by atoms with E-state index in [1.807, 2.05) is 12.1 Å². The van der Waals surface area contributed by atoms with Gasteiger partial charge in [0.1, 0.15) is 4.99 Å². The predicted molar refractivity (Wildman–Crippen MR) is 79.0 cm³/mol. The molecule has 1 aromatic heterocycles. The minimum Gasteiger partial charge on any atom is -0.388 e. The number of nitrogens with two attached hydrogens (primary N) is 1. The van der Waals surface area contributed by atoms with Gasteiger partial charge in [-0.3, -0.25) is 4.98 Å². The minimum atomic E-state index is 0.361. The minimum absolute atomic E-state index is 0.361. The second-order valence-electron chi connectivity index (χ2n) is 4.95. The van der Waals surface area contributed by atoms with Gasteiger partial charge in [-0.1, -0.05) is 12.2 Å². The molecule has 1 aliphatic heterocycles. The molecule has 1 fully saturated rings. The zero-order valence-electron chi connectivity index (χ0n) is 11.0. The molecule has 98 valence electrons. The summed E-state index contributed by atoms with van der Waals surface area (Å²) in [6.07, 6.45) is 4.16. The van der Waals surface area contributed by atoms with E-state index < -0.39 is 0 Å². The maximum atomic E-state index is 5.62. The topological polar surface area (TPSA) is 45.4 Å². The fraction of sp³-hybridized carbons (Fsp3) is 0.538. The molecule has 5 heteroatoms. The fourth-order valence-corrected chi connectivity index (χ4v) is 2.50. The maximum Gasteiger partial charge on any atom is 0.122 e. The van der Waals surface area contributed by atoms with Crippen molar-refractivity contribution in [3.05, 3.63) is 24.0 Å². The van der Waals surface area contributed by atoms with Crippen molar-refractivity contribution in [2.45, 2.75) is 18.9 Å². The lowest BCUT2D eigenvalue weighted by Crippen LogP contribution is -2.42. The summed E-state index contributed by atoms with van der Waals surface area (Å²) in [6, 6.07) is 4.70. The molecule has 2 rings (SSSR count). The molecule has 0 radical (unpaired) electrons. The van der Waals surface area contributed by atoms with E-state index in [0.717, 1.165) is 13.1 Å². The first-order chi connectivity index (χ1) is 8.58. The molecule has 2 heterocycles. The van der Waals surface area contributed by atoms with E-state index in [1.165, 1.54) is 18.5 Å². The molecule has 0 atom stereocenters. The molecule has 0 unspecified atom stereocenters. The predicted octanol–water partition coefficient (Wildman–Crippen LogP) is 1.25. The lowest BCUT2D eigenvalue weighted by Gasteiger charge is -2.36. The van der Waals surface area contributed by atoms with Crippen molar-refractivity contribution in [2.24, 2.45) is 5.73 Å². The second kappa shape index (κ2) is 5.63. The van der Waals surface area contributed by atoms with E-state index in [0.29, 0.717) is 16.7 Å². The average Bonchev–Trinajstić information content (AvgIpc) is 2.39. The number of piperidine rings is 1. The summed E-state index contributed by atoms with van der Waals surface area (Å²) in [5.74, 6) is 0. The third-order valence-electron chi connectivity index (χ3n) is 3.56. The van der Waals surface area contributed by atoms with Crippen LogP contribution in [0, 0.1) is 0 Å². The standard InChI is InChI=1S/C13H20N4S/c1-16(2)10-4-7-17(8-5-10)11-3-6-15-12(9-11)13(14)18/h3,6,9-10H,4-5,7-8H2,1-2H3,(H2,14,18). The van der Waals surface area contributed by atoms with Gasteiger partial charge in [0.25, 0.3) is 0 Å². The molecule has 4 nitrogen and oxygen atoms in total. The molecule has 0 aromatic carbocycles. The number of thiocarbonyl (C=S) groups is 1. The summed E-state index contributed by atoms with van der Waals surface area (Å²) in [7, 11) is 4.30. The Labute approximate surface area is 114 Å². The number of nitrogens with zero attached hydrogens (tertiary/aromatic N) is 3. The lowest BCUT2D eigenvalue weighted by molar-refractivity contribution is 0.249. The molecule has 0 spiro atoms. The van der Waals surface area contributed by atoms with Crippen LogP contribution < -0.4 is 10.6 Å². The van der Waals surface area contributed by atoms with E-state index in [-0.39, 0.29) is 0 Å². The van der Waals surface area contributed by atoms with Gasteiger partial charge in [-0.25, -0.2) is 0 Å². The highest BCUT2D eigenvalue weighted by Crippen LogP contribution is 2.21. The van der Waals surface area contributed by atoms with Gasteiger partial charge in [0, 0.05) is 31.0 Å². The van der Waals surface area contributed by atoms with Crippen LogP contribution in [0.15, 0.2) is 18.3 Å². The van der Waals surface area contributed by atoms with Gasteiger partial charge in [-0.2, -0.15) is 0 Å². The Bertz CT molecular complexity index is 425. The van der Waals surface area contributed by atoms with Crippen LogP contribution >= 0.6 is 12.2 Å². The zero-order chi connectivity index (χ0) is 13.1. The van der Waals surface area contributed by atoms with Gasteiger partial charge in [0.2, 0.25) is 0 Å². The summed E-state index contributed by atoms with van der Waals surface area (Å²) < 4.78 is 0. The number of hydrogen-bond acceptors (Lipinski definition) is 4. The third kappa shape index (κ3) is 2.97. The van der Waals surface area contributed by atoms with Crippen LogP contribution in [0.1, 0.15) is 18.5 Å². The summed E-state index contributed by atoms with van der Waals surface area (Å²) in [5, 5.41) is 0. The van der Waals surface area contributed by atoms with Crippen molar-refractivity contribution in [3.8, 4) is 0 Å². The molecule has 0 amide bonds. The van der Waals surface area contributed by atoms with Crippen molar-refractivity contribution in [2.75, 3.05) is 32.1 Å². The van der Waals surface area contributed by atoms with Gasteiger partial charge in [0.15, 0.2) is 0 Å². The molecular formula is C13H20N4S. The molecule has 2 N–H and O–H groups in total. The monoisotopic (exact) mass is 264 g/mol. The Hall–Kier alpha value is -1.20. The summed E-state index contributed by atoms with van der Waals surface area (Å²) in [4.78, 5) is 9.23. The highest BCUT2D eigenvalue weighted by atomic mass is 32.1. The van der Waals surface area contributed by atoms with Crippen LogP contribution in [-0.2, 0) is 0 Å². The average molecular weight is 264 g/mol. The lowest BCUT2D eigenvalue weighted by atomic mass is 10.0. The van der Waals surface area contributed by atoms with Gasteiger partial charge >= 0.3 is 0 Å². The van der Waals surface area contributed by atoms with Crippen LogP contribution in [0.5, 0.6) is 0 Å². The van der Waals surface area contributed by atoms with Crippen molar-refractivity contribution < 1.29 is 0 Å². The van der Waals surface area contributed by atoms with Gasteiger partial charge < -0.3 is 15.5 Å². The number of hydrogen-bond donors (Lipinski definition) is 1. The molecule has 1 saturated heterocycles. The first-order valence-electron chi connectivity index (χ1n) is 6.25. The Balaban J connectivity index is 2.05. The molecule has 0 aliphatic carbocycles.